The molecule has 0 saturated heterocycles. The Morgan fingerprint density at radius 1 is 0.652 bits per heavy atom. The Labute approximate surface area is 132 Å². The minimum Gasteiger partial charge on any atom is -0.306 e. The summed E-state index contributed by atoms with van der Waals surface area (Å²) in [5, 5.41) is 0. The zero-order valence-corrected chi connectivity index (χ0v) is 12.2. The van der Waals surface area contributed by atoms with E-state index >= 15 is 0 Å². The summed E-state index contributed by atoms with van der Waals surface area (Å²) < 4.78 is 2.02. The van der Waals surface area contributed by atoms with Crippen LogP contribution >= 0.6 is 0 Å². The number of hydrogen-bond acceptors (Lipinski definition) is 3. The fraction of sp³-hybridized carbons (Fsp3) is 0. The first-order chi connectivity index (χ1) is 11.4. The van der Waals surface area contributed by atoms with Gasteiger partial charge < -0.3 is 4.40 Å². The van der Waals surface area contributed by atoms with Gasteiger partial charge in [0, 0.05) is 18.0 Å². The van der Waals surface area contributed by atoms with Gasteiger partial charge in [0.25, 0.3) is 0 Å². The van der Waals surface area contributed by atoms with Crippen LogP contribution in [0.4, 0.5) is 0 Å². The van der Waals surface area contributed by atoms with Crippen LogP contribution in [0.3, 0.4) is 0 Å². The van der Waals surface area contributed by atoms with Gasteiger partial charge in [-0.15, -0.1) is 0 Å². The van der Waals surface area contributed by atoms with Crippen LogP contribution in [0.1, 0.15) is 0 Å². The van der Waals surface area contributed by atoms with E-state index in [1.165, 1.54) is 0 Å². The molecule has 0 spiro atoms. The zero-order chi connectivity index (χ0) is 15.2. The molecule has 0 aliphatic heterocycles. The minimum absolute atomic E-state index is 0.887. The zero-order valence-electron chi connectivity index (χ0n) is 12.2. The minimum atomic E-state index is 0.887. The maximum Gasteiger partial charge on any atom is 0.137 e. The lowest BCUT2D eigenvalue weighted by Gasteiger charge is -2.02. The number of fused-ring (bicyclic) bond motifs is 3. The first kappa shape index (κ1) is 12.3. The molecule has 3 aromatic heterocycles. The molecule has 0 N–H and O–H groups in total. The van der Waals surface area contributed by atoms with Gasteiger partial charge in [-0.3, -0.25) is 0 Å². The van der Waals surface area contributed by atoms with Gasteiger partial charge in [0.2, 0.25) is 0 Å². The van der Waals surface area contributed by atoms with E-state index in [0.717, 1.165) is 39.0 Å². The Hall–Kier alpha value is -3.27. The van der Waals surface area contributed by atoms with Gasteiger partial charge in [-0.1, -0.05) is 24.3 Å². The lowest BCUT2D eigenvalue weighted by atomic mass is 10.1. The maximum absolute atomic E-state index is 4.72. The molecule has 23 heavy (non-hydrogen) atoms. The average Bonchev–Trinajstić information content (AvgIpc) is 3.03. The van der Waals surface area contributed by atoms with Crippen molar-refractivity contribution in [2.75, 3.05) is 0 Å². The lowest BCUT2D eigenvalue weighted by molar-refractivity contribution is 1.19. The highest BCUT2D eigenvalue weighted by Gasteiger charge is 2.07. The van der Waals surface area contributed by atoms with Gasteiger partial charge in [-0.25, -0.2) is 15.0 Å². The summed E-state index contributed by atoms with van der Waals surface area (Å²) >= 11 is 0. The quantitative estimate of drug-likeness (QED) is 0.437. The summed E-state index contributed by atoms with van der Waals surface area (Å²) in [7, 11) is 0. The van der Waals surface area contributed by atoms with E-state index in [2.05, 4.69) is 16.0 Å². The Balaban J connectivity index is 1.73. The van der Waals surface area contributed by atoms with E-state index < -0.39 is 0 Å². The topological polar surface area (TPSA) is 43.1 Å². The number of nitrogens with zero attached hydrogens (tertiary/aromatic N) is 4. The normalized spacial score (nSPS) is 11.5. The largest absolute Gasteiger partial charge is 0.306 e. The number of rotatable bonds is 1. The van der Waals surface area contributed by atoms with Crippen LogP contribution in [0.25, 0.3) is 39.0 Å². The molecule has 0 bridgehead atoms. The van der Waals surface area contributed by atoms with Gasteiger partial charge >= 0.3 is 0 Å². The van der Waals surface area contributed by atoms with Crippen molar-refractivity contribution in [3.05, 3.63) is 73.1 Å². The fourth-order valence-electron chi connectivity index (χ4n) is 2.85. The number of pyridine rings is 1. The van der Waals surface area contributed by atoms with Gasteiger partial charge in [0.1, 0.15) is 5.65 Å². The molecule has 0 aliphatic rings. The lowest BCUT2D eigenvalue weighted by Crippen LogP contribution is -1.88. The molecule has 0 amide bonds. The van der Waals surface area contributed by atoms with Crippen molar-refractivity contribution in [1.29, 1.82) is 0 Å². The molecule has 5 rings (SSSR count). The molecular formula is C19H12N4. The van der Waals surface area contributed by atoms with Gasteiger partial charge in [-0.2, -0.15) is 0 Å². The predicted molar refractivity (Wildman–Crippen MR) is 91.2 cm³/mol. The van der Waals surface area contributed by atoms with Gasteiger partial charge in [-0.05, 0) is 36.4 Å². The van der Waals surface area contributed by atoms with Crippen LogP contribution in [0.2, 0.25) is 0 Å². The molecule has 0 atom stereocenters. The number of aromatic nitrogens is 4. The summed E-state index contributed by atoms with van der Waals surface area (Å²) in [5.41, 5.74) is 6.54. The van der Waals surface area contributed by atoms with E-state index in [1.807, 2.05) is 71.4 Å². The molecule has 5 aromatic rings. The van der Waals surface area contributed by atoms with Crippen molar-refractivity contribution in [3.8, 4) is 11.3 Å². The molecule has 2 aromatic carbocycles. The number of imidazole rings is 1. The third-order valence-electron chi connectivity index (χ3n) is 4.00. The highest BCUT2D eigenvalue weighted by Crippen LogP contribution is 2.24. The van der Waals surface area contributed by atoms with Crippen LogP contribution in [0.5, 0.6) is 0 Å². The van der Waals surface area contributed by atoms with Crippen molar-refractivity contribution >= 4 is 27.7 Å². The highest BCUT2D eigenvalue weighted by atomic mass is 15.0. The van der Waals surface area contributed by atoms with E-state index in [1.54, 1.807) is 0 Å². The van der Waals surface area contributed by atoms with Crippen LogP contribution in [0, 0.1) is 0 Å². The molecule has 4 heteroatoms. The Bertz CT molecular complexity index is 1140. The Morgan fingerprint density at radius 2 is 1.39 bits per heavy atom. The summed E-state index contributed by atoms with van der Waals surface area (Å²) in [6, 6.07) is 20.0. The Morgan fingerprint density at radius 3 is 2.22 bits per heavy atom. The fourth-order valence-corrected chi connectivity index (χ4v) is 2.85. The molecule has 0 fully saturated rings. The van der Waals surface area contributed by atoms with Gasteiger partial charge in [0.15, 0.2) is 0 Å². The maximum atomic E-state index is 4.72. The summed E-state index contributed by atoms with van der Waals surface area (Å²) in [5.74, 6) is 0. The molecule has 0 radical (unpaired) electrons. The standard InChI is InChI=1S/C19H12N4/c1-2-6-15-14(5-1)20-16-9-8-13(11-17(16)21-15)18-12-23-10-4-3-7-19(23)22-18/h1-12H. The highest BCUT2D eigenvalue weighted by molar-refractivity contribution is 5.88. The molecule has 4 nitrogen and oxygen atoms in total. The molecule has 0 saturated carbocycles. The first-order valence-corrected chi connectivity index (χ1v) is 7.47. The summed E-state index contributed by atoms with van der Waals surface area (Å²) in [4.78, 5) is 14.1. The molecule has 0 aliphatic carbocycles. The SMILES string of the molecule is c1ccc2nc3cc(-c4cn5ccccc5n4)ccc3nc2c1. The molecule has 108 valence electrons. The second-order valence-electron chi connectivity index (χ2n) is 5.51. The monoisotopic (exact) mass is 296 g/mol. The molecule has 3 heterocycles. The predicted octanol–water partition coefficient (Wildman–Crippen LogP) is 4.10. The third kappa shape index (κ3) is 1.96. The smallest absolute Gasteiger partial charge is 0.137 e. The third-order valence-corrected chi connectivity index (χ3v) is 4.00. The number of benzene rings is 2. The van der Waals surface area contributed by atoms with Crippen molar-refractivity contribution in [2.24, 2.45) is 0 Å². The van der Waals surface area contributed by atoms with Crippen LogP contribution in [-0.2, 0) is 0 Å². The number of hydrogen-bond donors (Lipinski definition) is 0. The van der Waals surface area contributed by atoms with E-state index in [0.29, 0.717) is 0 Å². The average molecular weight is 296 g/mol. The van der Waals surface area contributed by atoms with Crippen molar-refractivity contribution in [2.45, 2.75) is 0 Å². The van der Waals surface area contributed by atoms with Crippen LogP contribution in [0.15, 0.2) is 73.1 Å². The summed E-state index contributed by atoms with van der Waals surface area (Å²) in [6.07, 6.45) is 4.03. The van der Waals surface area contributed by atoms with Crippen LogP contribution in [-0.4, -0.2) is 19.4 Å². The second-order valence-corrected chi connectivity index (χ2v) is 5.51. The molecule has 0 unspecified atom stereocenters. The van der Waals surface area contributed by atoms with Crippen LogP contribution < -0.4 is 0 Å². The Kier molecular flexibility index (Phi) is 2.46. The van der Waals surface area contributed by atoms with Crippen molar-refractivity contribution in [3.63, 3.8) is 0 Å². The molecular weight excluding hydrogens is 284 g/mol. The van der Waals surface area contributed by atoms with Crippen molar-refractivity contribution < 1.29 is 0 Å². The van der Waals surface area contributed by atoms with E-state index in [9.17, 15) is 0 Å². The number of para-hydroxylation sites is 2. The van der Waals surface area contributed by atoms with E-state index in [-0.39, 0.29) is 0 Å². The second kappa shape index (κ2) is 4.61. The first-order valence-electron chi connectivity index (χ1n) is 7.47. The van der Waals surface area contributed by atoms with Crippen molar-refractivity contribution in [1.82, 2.24) is 19.4 Å². The van der Waals surface area contributed by atoms with E-state index in [4.69, 9.17) is 4.98 Å². The van der Waals surface area contributed by atoms with Gasteiger partial charge in [0.05, 0.1) is 27.8 Å². The summed E-state index contributed by atoms with van der Waals surface area (Å²) in [6.45, 7) is 0.